The number of hydrogen-bond donors (Lipinski definition) is 1. The molecule has 1 saturated carbocycles. The maximum atomic E-state index is 13.2. The van der Waals surface area contributed by atoms with Gasteiger partial charge in [0.15, 0.2) is 3.95 Å². The van der Waals surface area contributed by atoms with E-state index in [1.165, 1.54) is 18.4 Å². The predicted octanol–water partition coefficient (Wildman–Crippen LogP) is 3.38. The second-order valence-corrected chi connectivity index (χ2v) is 9.46. The molecule has 0 bridgehead atoms. The summed E-state index contributed by atoms with van der Waals surface area (Å²) in [7, 11) is 1.39. The van der Waals surface area contributed by atoms with Gasteiger partial charge >= 0.3 is 5.97 Å². The van der Waals surface area contributed by atoms with Crippen LogP contribution in [0, 0.1) is 15.8 Å². The highest BCUT2D eigenvalue weighted by atomic mass is 32.1. The van der Waals surface area contributed by atoms with Gasteiger partial charge in [0.2, 0.25) is 5.91 Å². The van der Waals surface area contributed by atoms with Crippen LogP contribution in [0.25, 0.3) is 0 Å². The molecule has 0 spiro atoms. The monoisotopic (exact) mass is 423 g/mol. The van der Waals surface area contributed by atoms with E-state index in [-0.39, 0.29) is 35.7 Å². The minimum atomic E-state index is -0.242. The van der Waals surface area contributed by atoms with Gasteiger partial charge in [-0.15, -0.1) is 0 Å². The zero-order valence-corrected chi connectivity index (χ0v) is 17.6. The lowest BCUT2D eigenvalue weighted by molar-refractivity contribution is -0.148. The van der Waals surface area contributed by atoms with Gasteiger partial charge in [0.1, 0.15) is 10.7 Å². The highest BCUT2D eigenvalue weighted by Gasteiger charge is 2.44. The van der Waals surface area contributed by atoms with Gasteiger partial charge < -0.3 is 19.5 Å². The van der Waals surface area contributed by atoms with Crippen LogP contribution in [0.4, 0.5) is 5.82 Å². The average molecular weight is 424 g/mol. The molecular formula is C19H25N3O4S2. The minimum Gasteiger partial charge on any atom is -0.469 e. The van der Waals surface area contributed by atoms with E-state index in [4.69, 9.17) is 17.0 Å². The van der Waals surface area contributed by atoms with E-state index in [1.54, 1.807) is 0 Å². The largest absolute Gasteiger partial charge is 0.469 e. The average Bonchev–Trinajstić information content (AvgIpc) is 2.88. The van der Waals surface area contributed by atoms with Crippen molar-refractivity contribution in [1.29, 1.82) is 0 Å². The number of anilines is 1. The number of esters is 1. The standard InChI is InChI=1S/C19H25N3O4S2/c1-26-18(25)11-6-7-12-13(10-11)22-15(20-16(12)23)14(28-19(22)27)17(24)21-8-4-2-3-5-9-21/h11-13H,2-10H2,1H3,(H,20,23). The van der Waals surface area contributed by atoms with Crippen molar-refractivity contribution in [2.24, 2.45) is 11.8 Å². The molecular weight excluding hydrogens is 398 g/mol. The van der Waals surface area contributed by atoms with Gasteiger partial charge in [-0.2, -0.15) is 0 Å². The summed E-state index contributed by atoms with van der Waals surface area (Å²) < 4.78 is 7.40. The zero-order valence-electron chi connectivity index (χ0n) is 15.9. The van der Waals surface area contributed by atoms with Crippen LogP contribution in [0.2, 0.25) is 0 Å². The Kier molecular flexibility index (Phi) is 5.55. The number of likely N-dealkylation sites (tertiary alicyclic amines) is 1. The van der Waals surface area contributed by atoms with Gasteiger partial charge in [-0.3, -0.25) is 14.4 Å². The van der Waals surface area contributed by atoms with Gasteiger partial charge in [0, 0.05) is 19.1 Å². The molecule has 9 heteroatoms. The van der Waals surface area contributed by atoms with Gasteiger partial charge in [0.05, 0.1) is 18.9 Å². The number of nitrogens with one attached hydrogen (secondary N) is 1. The van der Waals surface area contributed by atoms with E-state index in [2.05, 4.69) is 5.32 Å². The van der Waals surface area contributed by atoms with Crippen LogP contribution < -0.4 is 5.32 Å². The zero-order chi connectivity index (χ0) is 19.8. The number of carbonyl (C=O) groups excluding carboxylic acids is 3. The normalized spacial score (nSPS) is 27.2. The second-order valence-electron chi connectivity index (χ2n) is 7.82. The summed E-state index contributed by atoms with van der Waals surface area (Å²) in [5.74, 6) is -0.320. The molecule has 1 aromatic rings. The molecule has 1 aliphatic carbocycles. The Labute approximate surface area is 173 Å². The van der Waals surface area contributed by atoms with Gasteiger partial charge in [-0.25, -0.2) is 0 Å². The van der Waals surface area contributed by atoms with Gasteiger partial charge in [0.25, 0.3) is 5.91 Å². The number of amides is 2. The molecule has 0 radical (unpaired) electrons. The Morgan fingerprint density at radius 3 is 2.57 bits per heavy atom. The van der Waals surface area contributed by atoms with Crippen LogP contribution in [0.5, 0.6) is 0 Å². The molecule has 0 aromatic carbocycles. The minimum absolute atomic E-state index is 0.0502. The molecule has 2 amide bonds. The van der Waals surface area contributed by atoms with Crippen LogP contribution in [-0.4, -0.2) is 47.4 Å². The fourth-order valence-electron chi connectivity index (χ4n) is 4.69. The number of rotatable bonds is 2. The predicted molar refractivity (Wildman–Crippen MR) is 108 cm³/mol. The summed E-state index contributed by atoms with van der Waals surface area (Å²) >= 11 is 6.86. The maximum Gasteiger partial charge on any atom is 0.308 e. The molecule has 28 heavy (non-hydrogen) atoms. The lowest BCUT2D eigenvalue weighted by Gasteiger charge is -2.39. The van der Waals surface area contributed by atoms with E-state index < -0.39 is 0 Å². The van der Waals surface area contributed by atoms with Crippen LogP contribution >= 0.6 is 23.6 Å². The first-order valence-electron chi connectivity index (χ1n) is 9.94. The summed E-state index contributed by atoms with van der Waals surface area (Å²) in [6.45, 7) is 1.49. The molecule has 152 valence electrons. The van der Waals surface area contributed by atoms with Crippen molar-refractivity contribution in [3.05, 3.63) is 8.83 Å². The van der Waals surface area contributed by atoms with Crippen molar-refractivity contribution in [3.63, 3.8) is 0 Å². The molecule has 3 unspecified atom stereocenters. The van der Waals surface area contributed by atoms with E-state index >= 15 is 0 Å². The van der Waals surface area contributed by atoms with Crippen molar-refractivity contribution in [2.45, 2.75) is 51.0 Å². The fourth-order valence-corrected chi connectivity index (χ4v) is 6.13. The first kappa shape index (κ1) is 19.6. The summed E-state index contributed by atoms with van der Waals surface area (Å²) in [4.78, 5) is 40.4. The van der Waals surface area contributed by atoms with Crippen molar-refractivity contribution in [3.8, 4) is 0 Å². The fraction of sp³-hybridized carbons (Fsp3) is 0.684. The van der Waals surface area contributed by atoms with Crippen LogP contribution in [0.1, 0.15) is 60.7 Å². The Morgan fingerprint density at radius 2 is 1.89 bits per heavy atom. The summed E-state index contributed by atoms with van der Waals surface area (Å²) in [5.41, 5.74) is 0. The molecule has 2 fully saturated rings. The molecule has 3 aliphatic rings. The second kappa shape index (κ2) is 7.94. The molecule has 3 heterocycles. The lowest BCUT2D eigenvalue weighted by Crippen LogP contribution is -2.43. The Bertz CT molecular complexity index is 854. The first-order chi connectivity index (χ1) is 13.5. The topological polar surface area (TPSA) is 80.6 Å². The SMILES string of the molecule is COC(=O)C1CCC2C(=O)Nc3c(C(=O)N4CCCCCC4)sc(=S)n3C2C1. The number of ether oxygens (including phenoxy) is 1. The van der Waals surface area contributed by atoms with Crippen molar-refractivity contribution >= 4 is 47.2 Å². The summed E-state index contributed by atoms with van der Waals surface area (Å²) in [5, 5.41) is 2.95. The Balaban J connectivity index is 1.68. The number of fused-ring (bicyclic) bond motifs is 3. The van der Waals surface area contributed by atoms with Crippen molar-refractivity contribution in [1.82, 2.24) is 9.47 Å². The van der Waals surface area contributed by atoms with Crippen LogP contribution in [0.15, 0.2) is 0 Å². The summed E-state index contributed by atoms with van der Waals surface area (Å²) in [6.07, 6.45) is 6.05. The molecule has 2 aliphatic heterocycles. The Hall–Kier alpha value is -1.74. The van der Waals surface area contributed by atoms with E-state index in [1.807, 2.05) is 9.47 Å². The molecule has 3 atom stereocenters. The number of nitrogens with zero attached hydrogens (tertiary/aromatic N) is 2. The summed E-state index contributed by atoms with van der Waals surface area (Å²) in [6, 6.07) is -0.198. The highest BCUT2D eigenvalue weighted by molar-refractivity contribution is 7.73. The number of aromatic nitrogens is 1. The third kappa shape index (κ3) is 3.39. The van der Waals surface area contributed by atoms with Crippen LogP contribution in [0.3, 0.4) is 0 Å². The van der Waals surface area contributed by atoms with E-state index in [0.717, 1.165) is 38.8 Å². The van der Waals surface area contributed by atoms with Crippen molar-refractivity contribution < 1.29 is 19.1 Å². The first-order valence-corrected chi connectivity index (χ1v) is 11.2. The third-order valence-corrected chi connectivity index (χ3v) is 7.58. The Morgan fingerprint density at radius 1 is 1.18 bits per heavy atom. The van der Waals surface area contributed by atoms with Crippen molar-refractivity contribution in [2.75, 3.05) is 25.5 Å². The van der Waals surface area contributed by atoms with Gasteiger partial charge in [-0.05, 0) is 44.3 Å². The quantitative estimate of drug-likeness (QED) is 0.583. The van der Waals surface area contributed by atoms with Gasteiger partial charge in [-0.1, -0.05) is 24.2 Å². The van der Waals surface area contributed by atoms with E-state index in [9.17, 15) is 14.4 Å². The third-order valence-electron chi connectivity index (χ3n) is 6.19. The number of methoxy groups -OCH3 is 1. The molecule has 1 saturated heterocycles. The molecule has 1 N–H and O–H groups in total. The van der Waals surface area contributed by atoms with E-state index in [0.29, 0.717) is 33.9 Å². The molecule has 7 nitrogen and oxygen atoms in total. The van der Waals surface area contributed by atoms with Crippen LogP contribution in [-0.2, 0) is 14.3 Å². The highest BCUT2D eigenvalue weighted by Crippen LogP contribution is 2.45. The number of hydrogen-bond acceptors (Lipinski definition) is 6. The number of thiazole rings is 1. The lowest BCUT2D eigenvalue weighted by atomic mass is 9.76. The maximum absolute atomic E-state index is 13.2. The molecule has 1 aromatic heterocycles. The molecule has 4 rings (SSSR count). The smallest absolute Gasteiger partial charge is 0.308 e. The number of carbonyl (C=O) groups is 3.